The van der Waals surface area contributed by atoms with Gasteiger partial charge in [0, 0.05) is 16.6 Å². The van der Waals surface area contributed by atoms with Crippen molar-refractivity contribution in [3.63, 3.8) is 0 Å². The van der Waals surface area contributed by atoms with E-state index in [0.717, 1.165) is 0 Å². The summed E-state index contributed by atoms with van der Waals surface area (Å²) in [5.74, 6) is -0.0867. The minimum atomic E-state index is -3.36. The summed E-state index contributed by atoms with van der Waals surface area (Å²) in [7, 11) is -3.36. The lowest BCUT2D eigenvalue weighted by atomic mass is 10.2. The maximum atomic E-state index is 12.3. The molecule has 0 unspecified atom stereocenters. The zero-order valence-electron chi connectivity index (χ0n) is 11.0. The van der Waals surface area contributed by atoms with Crippen molar-refractivity contribution in [2.45, 2.75) is 11.9 Å². The van der Waals surface area contributed by atoms with Gasteiger partial charge in [-0.25, -0.2) is 13.4 Å². The normalized spacial score (nSPS) is 16.6. The Balaban J connectivity index is 1.59. The van der Waals surface area contributed by atoms with Crippen LogP contribution >= 0.6 is 22.9 Å². The fourth-order valence-electron chi connectivity index (χ4n) is 2.02. The molecule has 2 heterocycles. The van der Waals surface area contributed by atoms with Crippen LogP contribution in [0.1, 0.15) is 5.56 Å². The largest absolute Gasteiger partial charge is 0.464 e. The lowest BCUT2D eigenvalue weighted by Gasteiger charge is -2.37. The Morgan fingerprint density at radius 3 is 2.81 bits per heavy atom. The maximum absolute atomic E-state index is 12.3. The van der Waals surface area contributed by atoms with E-state index in [4.69, 9.17) is 16.3 Å². The third-order valence-electron chi connectivity index (χ3n) is 3.18. The minimum absolute atomic E-state index is 0.0867. The van der Waals surface area contributed by atoms with Crippen LogP contribution in [-0.2, 0) is 15.8 Å². The summed E-state index contributed by atoms with van der Waals surface area (Å²) in [6.45, 7) is 0.707. The number of halogens is 1. The van der Waals surface area contributed by atoms with E-state index in [9.17, 15) is 8.42 Å². The molecule has 1 saturated heterocycles. The average Bonchev–Trinajstić information content (AvgIpc) is 2.88. The van der Waals surface area contributed by atoms with Crippen molar-refractivity contribution in [1.29, 1.82) is 0 Å². The fraction of sp³-hybridized carbons (Fsp3) is 0.308. The Bertz CT molecular complexity index is 713. The predicted molar refractivity (Wildman–Crippen MR) is 82.2 cm³/mol. The number of thiazole rings is 1. The van der Waals surface area contributed by atoms with Gasteiger partial charge in [0.25, 0.3) is 5.19 Å². The van der Waals surface area contributed by atoms with Crippen molar-refractivity contribution < 1.29 is 13.2 Å². The van der Waals surface area contributed by atoms with E-state index in [-0.39, 0.29) is 11.9 Å². The van der Waals surface area contributed by atoms with Crippen molar-refractivity contribution in [1.82, 2.24) is 9.29 Å². The van der Waals surface area contributed by atoms with Gasteiger partial charge in [-0.15, -0.1) is 0 Å². The number of hydrogen-bond donors (Lipinski definition) is 0. The number of nitrogens with zero attached hydrogens (tertiary/aromatic N) is 2. The minimum Gasteiger partial charge on any atom is -0.464 e. The van der Waals surface area contributed by atoms with E-state index < -0.39 is 10.0 Å². The summed E-state index contributed by atoms with van der Waals surface area (Å²) in [6, 6.07) is 6.97. The number of benzene rings is 1. The van der Waals surface area contributed by atoms with Crippen molar-refractivity contribution in [3.8, 4) is 5.19 Å². The highest BCUT2D eigenvalue weighted by molar-refractivity contribution is 7.88. The molecule has 8 heteroatoms. The molecular weight excluding hydrogens is 332 g/mol. The number of sulfonamides is 1. The summed E-state index contributed by atoms with van der Waals surface area (Å²) in [6.07, 6.45) is 1.53. The van der Waals surface area contributed by atoms with Gasteiger partial charge in [-0.05, 0) is 11.6 Å². The Kier molecular flexibility index (Phi) is 4.17. The molecule has 1 aromatic carbocycles. The van der Waals surface area contributed by atoms with Gasteiger partial charge in [0.15, 0.2) is 0 Å². The van der Waals surface area contributed by atoms with Crippen molar-refractivity contribution in [3.05, 3.63) is 46.4 Å². The Labute approximate surface area is 132 Å². The molecule has 0 amide bonds. The first-order valence-corrected chi connectivity index (χ1v) is 9.18. The first-order chi connectivity index (χ1) is 10.0. The van der Waals surface area contributed by atoms with Crippen LogP contribution < -0.4 is 4.74 Å². The highest BCUT2D eigenvalue weighted by Gasteiger charge is 2.37. The molecule has 0 N–H and O–H groups in total. The first-order valence-electron chi connectivity index (χ1n) is 6.32. The number of hydrogen-bond acceptors (Lipinski definition) is 5. The maximum Gasteiger partial charge on any atom is 0.273 e. The van der Waals surface area contributed by atoms with Gasteiger partial charge in [0.1, 0.15) is 6.10 Å². The molecule has 0 saturated carbocycles. The summed E-state index contributed by atoms with van der Waals surface area (Å²) < 4.78 is 31.5. The molecule has 5 nitrogen and oxygen atoms in total. The number of aromatic nitrogens is 1. The van der Waals surface area contributed by atoms with Gasteiger partial charge in [0.2, 0.25) is 10.0 Å². The van der Waals surface area contributed by atoms with E-state index in [1.165, 1.54) is 15.6 Å². The van der Waals surface area contributed by atoms with Crippen molar-refractivity contribution >= 4 is 33.0 Å². The van der Waals surface area contributed by atoms with Crippen molar-refractivity contribution in [2.75, 3.05) is 13.1 Å². The van der Waals surface area contributed by atoms with Crippen LogP contribution in [0, 0.1) is 0 Å². The third kappa shape index (κ3) is 3.37. The molecule has 21 heavy (non-hydrogen) atoms. The second kappa shape index (κ2) is 5.92. The second-order valence-electron chi connectivity index (χ2n) is 4.70. The topological polar surface area (TPSA) is 59.5 Å². The van der Waals surface area contributed by atoms with Crippen LogP contribution in [0.2, 0.25) is 5.02 Å². The third-order valence-corrected chi connectivity index (χ3v) is 5.97. The summed E-state index contributed by atoms with van der Waals surface area (Å²) >= 11 is 7.40. The first kappa shape index (κ1) is 14.8. The van der Waals surface area contributed by atoms with E-state index in [0.29, 0.717) is 28.9 Å². The van der Waals surface area contributed by atoms with Gasteiger partial charge in [-0.1, -0.05) is 41.1 Å². The highest BCUT2D eigenvalue weighted by atomic mass is 35.5. The van der Waals surface area contributed by atoms with Crippen LogP contribution in [0.4, 0.5) is 0 Å². The smallest absolute Gasteiger partial charge is 0.273 e. The van der Waals surface area contributed by atoms with Crippen LogP contribution in [0.5, 0.6) is 5.19 Å². The standard InChI is InChI=1S/C13H13ClN2O3S2/c14-12-4-2-1-3-10(12)9-21(17,18)16-7-11(8-16)19-13-15-5-6-20-13/h1-6,11H,7-9H2. The van der Waals surface area contributed by atoms with E-state index in [1.54, 1.807) is 30.5 Å². The molecule has 2 aromatic rings. The molecule has 1 aromatic heterocycles. The van der Waals surface area contributed by atoms with Crippen LogP contribution in [0.3, 0.4) is 0 Å². The molecule has 0 bridgehead atoms. The zero-order chi connectivity index (χ0) is 14.9. The Hall–Kier alpha value is -1.15. The number of rotatable bonds is 5. The highest BCUT2D eigenvalue weighted by Crippen LogP contribution is 2.25. The lowest BCUT2D eigenvalue weighted by Crippen LogP contribution is -2.56. The van der Waals surface area contributed by atoms with E-state index in [1.807, 2.05) is 5.38 Å². The van der Waals surface area contributed by atoms with E-state index in [2.05, 4.69) is 4.98 Å². The molecule has 0 atom stereocenters. The average molecular weight is 345 g/mol. The van der Waals surface area contributed by atoms with Crippen molar-refractivity contribution in [2.24, 2.45) is 0 Å². The lowest BCUT2D eigenvalue weighted by molar-refractivity contribution is 0.0758. The number of ether oxygens (including phenoxy) is 1. The summed E-state index contributed by atoms with van der Waals surface area (Å²) in [5.41, 5.74) is 0.614. The van der Waals surface area contributed by atoms with Gasteiger partial charge in [-0.2, -0.15) is 4.31 Å². The quantitative estimate of drug-likeness (QED) is 0.835. The van der Waals surface area contributed by atoms with Crippen LogP contribution in [-0.4, -0.2) is 36.9 Å². The Morgan fingerprint density at radius 1 is 1.38 bits per heavy atom. The molecule has 0 aliphatic carbocycles. The summed E-state index contributed by atoms with van der Waals surface area (Å²) in [4.78, 5) is 4.02. The van der Waals surface area contributed by atoms with Gasteiger partial charge < -0.3 is 4.74 Å². The molecular formula is C13H13ClN2O3S2. The van der Waals surface area contributed by atoms with Crippen LogP contribution in [0.15, 0.2) is 35.8 Å². The zero-order valence-corrected chi connectivity index (χ0v) is 13.4. The molecule has 0 radical (unpaired) electrons. The molecule has 1 aliphatic rings. The molecule has 1 fully saturated rings. The second-order valence-corrected chi connectivity index (χ2v) is 7.94. The van der Waals surface area contributed by atoms with Gasteiger partial charge >= 0.3 is 0 Å². The predicted octanol–water partition coefficient (Wildman–Crippen LogP) is 2.39. The fourth-order valence-corrected chi connectivity index (χ4v) is 4.46. The molecule has 3 rings (SSSR count). The van der Waals surface area contributed by atoms with E-state index >= 15 is 0 Å². The molecule has 112 valence electrons. The monoisotopic (exact) mass is 344 g/mol. The van der Waals surface area contributed by atoms with Crippen LogP contribution in [0.25, 0.3) is 0 Å². The summed E-state index contributed by atoms with van der Waals surface area (Å²) in [5, 5.41) is 2.86. The molecule has 0 spiro atoms. The molecule has 1 aliphatic heterocycles. The SMILES string of the molecule is O=S(=O)(Cc1ccccc1Cl)N1CC(Oc2nccs2)C1. The Morgan fingerprint density at radius 2 is 2.14 bits per heavy atom. The van der Waals surface area contributed by atoms with Gasteiger partial charge in [0.05, 0.1) is 18.8 Å². The van der Waals surface area contributed by atoms with Gasteiger partial charge in [-0.3, -0.25) is 0 Å².